The Kier molecular flexibility index (Phi) is 11.0. The molecule has 0 spiro atoms. The minimum absolute atomic E-state index is 0. The van der Waals surface area contributed by atoms with E-state index in [2.05, 4.69) is 15.6 Å². The summed E-state index contributed by atoms with van der Waals surface area (Å²) >= 11 is 0. The number of unbranched alkanes of at least 4 members (excludes halogenated alkanes) is 1. The fourth-order valence-corrected chi connectivity index (χ4v) is 2.79. The molecule has 0 fully saturated rings. The summed E-state index contributed by atoms with van der Waals surface area (Å²) in [6.07, 6.45) is 2.52. The van der Waals surface area contributed by atoms with E-state index in [-0.39, 0.29) is 35.8 Å². The SMILES string of the molecule is CCOCCCNC(=NC)NCCCCN1C(=O)c2ccccc2C1=O.I. The lowest BCUT2D eigenvalue weighted by Crippen LogP contribution is -2.38. The van der Waals surface area contributed by atoms with E-state index in [1.807, 2.05) is 6.92 Å². The first kappa shape index (κ1) is 23.4. The van der Waals surface area contributed by atoms with Crippen molar-refractivity contribution in [2.24, 2.45) is 4.99 Å². The largest absolute Gasteiger partial charge is 0.382 e. The first-order chi connectivity index (χ1) is 12.7. The molecule has 1 aromatic carbocycles. The van der Waals surface area contributed by atoms with Crippen molar-refractivity contribution in [3.05, 3.63) is 35.4 Å². The normalized spacial score (nSPS) is 13.4. The van der Waals surface area contributed by atoms with Crippen LogP contribution in [0.15, 0.2) is 29.3 Å². The summed E-state index contributed by atoms with van der Waals surface area (Å²) < 4.78 is 5.29. The van der Waals surface area contributed by atoms with Crippen molar-refractivity contribution < 1.29 is 14.3 Å². The maximum absolute atomic E-state index is 12.3. The Morgan fingerprint density at radius 1 is 1.04 bits per heavy atom. The number of carbonyl (C=O) groups excluding carboxylic acids is 2. The number of imide groups is 1. The Morgan fingerprint density at radius 3 is 2.19 bits per heavy atom. The molecule has 0 aromatic heterocycles. The first-order valence-electron chi connectivity index (χ1n) is 9.16. The molecule has 27 heavy (non-hydrogen) atoms. The van der Waals surface area contributed by atoms with Crippen molar-refractivity contribution in [1.82, 2.24) is 15.5 Å². The topological polar surface area (TPSA) is 83.0 Å². The molecule has 150 valence electrons. The Hall–Kier alpha value is -1.68. The fourth-order valence-electron chi connectivity index (χ4n) is 2.79. The number of nitrogens with zero attached hydrogens (tertiary/aromatic N) is 2. The molecule has 1 aliphatic heterocycles. The number of amides is 2. The smallest absolute Gasteiger partial charge is 0.261 e. The van der Waals surface area contributed by atoms with Crippen molar-refractivity contribution >= 4 is 41.8 Å². The molecule has 2 amide bonds. The molecule has 2 rings (SSSR count). The number of rotatable bonds is 10. The third kappa shape index (κ3) is 6.76. The molecule has 8 heteroatoms. The van der Waals surface area contributed by atoms with Gasteiger partial charge in [0.15, 0.2) is 5.96 Å². The van der Waals surface area contributed by atoms with Crippen molar-refractivity contribution in [2.75, 3.05) is 39.9 Å². The molecular weight excluding hydrogens is 459 g/mol. The van der Waals surface area contributed by atoms with Crippen LogP contribution in [0.1, 0.15) is 46.9 Å². The van der Waals surface area contributed by atoms with Gasteiger partial charge in [0.25, 0.3) is 11.8 Å². The number of hydrogen-bond donors (Lipinski definition) is 2. The van der Waals surface area contributed by atoms with Crippen LogP contribution in [0.4, 0.5) is 0 Å². The molecule has 0 radical (unpaired) electrons. The summed E-state index contributed by atoms with van der Waals surface area (Å²) in [6, 6.07) is 6.98. The van der Waals surface area contributed by atoms with E-state index in [0.717, 1.165) is 51.5 Å². The maximum Gasteiger partial charge on any atom is 0.261 e. The lowest BCUT2D eigenvalue weighted by atomic mass is 10.1. The lowest BCUT2D eigenvalue weighted by Gasteiger charge is -2.15. The molecule has 0 bridgehead atoms. The summed E-state index contributed by atoms with van der Waals surface area (Å²) in [4.78, 5) is 30.0. The molecule has 1 heterocycles. The van der Waals surface area contributed by atoms with Crippen molar-refractivity contribution in [3.8, 4) is 0 Å². The molecule has 1 aliphatic rings. The van der Waals surface area contributed by atoms with Gasteiger partial charge >= 0.3 is 0 Å². The van der Waals surface area contributed by atoms with Crippen molar-refractivity contribution in [3.63, 3.8) is 0 Å². The highest BCUT2D eigenvalue weighted by Crippen LogP contribution is 2.22. The molecule has 2 N–H and O–H groups in total. The van der Waals surface area contributed by atoms with Crippen LogP contribution < -0.4 is 10.6 Å². The minimum Gasteiger partial charge on any atom is -0.382 e. The highest BCUT2D eigenvalue weighted by molar-refractivity contribution is 14.0. The predicted octanol–water partition coefficient (Wildman–Crippen LogP) is 2.27. The predicted molar refractivity (Wildman–Crippen MR) is 117 cm³/mol. The third-order valence-corrected chi connectivity index (χ3v) is 4.16. The fraction of sp³-hybridized carbons (Fsp3) is 0.526. The van der Waals surface area contributed by atoms with Gasteiger partial charge in [-0.15, -0.1) is 24.0 Å². The number of guanidine groups is 1. The van der Waals surface area contributed by atoms with Crippen LogP contribution in [0.2, 0.25) is 0 Å². The Morgan fingerprint density at radius 2 is 1.63 bits per heavy atom. The number of ether oxygens (including phenoxy) is 1. The van der Waals surface area contributed by atoms with Gasteiger partial charge in [-0.2, -0.15) is 0 Å². The Labute approximate surface area is 178 Å². The zero-order valence-electron chi connectivity index (χ0n) is 16.0. The molecular formula is C19H29IN4O3. The van der Waals surface area contributed by atoms with Gasteiger partial charge in [-0.05, 0) is 38.3 Å². The van der Waals surface area contributed by atoms with Crippen LogP contribution in [0.25, 0.3) is 0 Å². The maximum atomic E-state index is 12.3. The number of benzene rings is 1. The molecule has 0 saturated heterocycles. The summed E-state index contributed by atoms with van der Waals surface area (Å²) in [7, 11) is 1.73. The van der Waals surface area contributed by atoms with E-state index in [9.17, 15) is 9.59 Å². The van der Waals surface area contributed by atoms with Gasteiger partial charge in [0.2, 0.25) is 0 Å². The van der Waals surface area contributed by atoms with Gasteiger partial charge < -0.3 is 15.4 Å². The van der Waals surface area contributed by atoms with Crippen LogP contribution >= 0.6 is 24.0 Å². The molecule has 0 atom stereocenters. The number of fused-ring (bicyclic) bond motifs is 1. The van der Waals surface area contributed by atoms with Gasteiger partial charge in [-0.3, -0.25) is 19.5 Å². The highest BCUT2D eigenvalue weighted by Gasteiger charge is 2.34. The third-order valence-electron chi connectivity index (χ3n) is 4.16. The molecule has 0 aliphatic carbocycles. The zero-order valence-corrected chi connectivity index (χ0v) is 18.3. The lowest BCUT2D eigenvalue weighted by molar-refractivity contribution is 0.0652. The first-order valence-corrected chi connectivity index (χ1v) is 9.16. The van der Waals surface area contributed by atoms with E-state index in [1.165, 1.54) is 4.90 Å². The molecule has 0 unspecified atom stereocenters. The second-order valence-corrected chi connectivity index (χ2v) is 5.99. The monoisotopic (exact) mass is 488 g/mol. The van der Waals surface area contributed by atoms with E-state index in [1.54, 1.807) is 31.3 Å². The van der Waals surface area contributed by atoms with Gasteiger partial charge in [-0.25, -0.2) is 0 Å². The number of nitrogens with one attached hydrogen (secondary N) is 2. The Bertz CT molecular complexity index is 617. The van der Waals surface area contributed by atoms with Crippen LogP contribution in [0, 0.1) is 0 Å². The van der Waals surface area contributed by atoms with E-state index < -0.39 is 0 Å². The number of aliphatic imine (C=N–C) groups is 1. The van der Waals surface area contributed by atoms with Crippen LogP contribution in [-0.2, 0) is 4.74 Å². The van der Waals surface area contributed by atoms with Crippen molar-refractivity contribution in [2.45, 2.75) is 26.2 Å². The number of carbonyl (C=O) groups is 2. The van der Waals surface area contributed by atoms with E-state index in [4.69, 9.17) is 4.74 Å². The molecule has 1 aromatic rings. The van der Waals surface area contributed by atoms with Gasteiger partial charge in [-0.1, -0.05) is 12.1 Å². The molecule has 0 saturated carbocycles. The van der Waals surface area contributed by atoms with Crippen molar-refractivity contribution in [1.29, 1.82) is 0 Å². The van der Waals surface area contributed by atoms with Crippen LogP contribution in [0.3, 0.4) is 0 Å². The Balaban J connectivity index is 0.00000364. The minimum atomic E-state index is -0.190. The number of hydrogen-bond acceptors (Lipinski definition) is 4. The quantitative estimate of drug-likeness (QED) is 0.174. The second-order valence-electron chi connectivity index (χ2n) is 5.99. The summed E-state index contributed by atoms with van der Waals surface area (Å²) in [5, 5.41) is 6.46. The average Bonchev–Trinajstić information content (AvgIpc) is 2.91. The highest BCUT2D eigenvalue weighted by atomic mass is 127. The van der Waals surface area contributed by atoms with Crippen LogP contribution in [0.5, 0.6) is 0 Å². The van der Waals surface area contributed by atoms with Crippen LogP contribution in [-0.4, -0.2) is 62.6 Å². The zero-order chi connectivity index (χ0) is 18.8. The standard InChI is InChI=1S/C19H28N4O3.HI/c1-3-26-14-8-12-22-19(20-2)21-11-6-7-13-23-17(24)15-9-4-5-10-16(15)18(23)25;/h4-5,9-10H,3,6-8,11-14H2,1-2H3,(H2,20,21,22);1H. The number of halogens is 1. The summed E-state index contributed by atoms with van der Waals surface area (Å²) in [6.45, 7) is 5.42. The van der Waals surface area contributed by atoms with Gasteiger partial charge in [0.05, 0.1) is 11.1 Å². The van der Waals surface area contributed by atoms with Gasteiger partial charge in [0.1, 0.15) is 0 Å². The van der Waals surface area contributed by atoms with E-state index >= 15 is 0 Å². The average molecular weight is 488 g/mol. The summed E-state index contributed by atoms with van der Waals surface area (Å²) in [5.74, 6) is 0.373. The van der Waals surface area contributed by atoms with E-state index in [0.29, 0.717) is 17.7 Å². The second kappa shape index (κ2) is 12.7. The van der Waals surface area contributed by atoms with Gasteiger partial charge in [0, 0.05) is 39.9 Å². The molecule has 7 nitrogen and oxygen atoms in total. The summed E-state index contributed by atoms with van der Waals surface area (Å²) in [5.41, 5.74) is 1.01.